The molecule has 1 atom stereocenters. The summed E-state index contributed by atoms with van der Waals surface area (Å²) in [6.07, 6.45) is 1.22. The normalized spacial score (nSPS) is 16.7. The van der Waals surface area contributed by atoms with Crippen LogP contribution in [-0.2, 0) is 13.1 Å². The van der Waals surface area contributed by atoms with Crippen LogP contribution in [0.2, 0.25) is 0 Å². The molecule has 144 valence electrons. The smallest absolute Gasteiger partial charge is 0.387 e. The minimum Gasteiger partial charge on any atom is -0.433 e. The number of urea groups is 1. The lowest BCUT2D eigenvalue weighted by atomic mass is 10.1. The first kappa shape index (κ1) is 18.9. The quantitative estimate of drug-likeness (QED) is 0.890. The van der Waals surface area contributed by atoms with Crippen LogP contribution in [0.3, 0.4) is 0 Å². The van der Waals surface area contributed by atoms with E-state index in [-0.39, 0.29) is 24.4 Å². The van der Waals surface area contributed by atoms with E-state index in [2.05, 4.69) is 26.0 Å². The Morgan fingerprint density at radius 1 is 1.33 bits per heavy atom. The van der Waals surface area contributed by atoms with Crippen molar-refractivity contribution < 1.29 is 18.3 Å². The highest BCUT2D eigenvalue weighted by atomic mass is 19.3. The molecule has 0 fully saturated rings. The van der Waals surface area contributed by atoms with Crippen LogP contribution in [0.1, 0.15) is 18.2 Å². The third-order valence-electron chi connectivity index (χ3n) is 4.52. The maximum absolute atomic E-state index is 12.7. The Morgan fingerprint density at radius 3 is 2.81 bits per heavy atom. The molecule has 0 bridgehead atoms. The Hall–Kier alpha value is -2.90. The van der Waals surface area contributed by atoms with Gasteiger partial charge in [0.15, 0.2) is 0 Å². The molecule has 0 spiro atoms. The highest BCUT2D eigenvalue weighted by molar-refractivity contribution is 5.75. The summed E-state index contributed by atoms with van der Waals surface area (Å²) >= 11 is 0. The van der Waals surface area contributed by atoms with Crippen molar-refractivity contribution >= 4 is 11.7 Å². The summed E-state index contributed by atoms with van der Waals surface area (Å²) in [5.74, 6) is -0.0131. The molecule has 0 saturated carbocycles. The van der Waals surface area contributed by atoms with Gasteiger partial charge in [-0.1, -0.05) is 18.2 Å². The molecule has 2 heterocycles. The van der Waals surface area contributed by atoms with E-state index in [0.29, 0.717) is 12.2 Å². The molecule has 27 heavy (non-hydrogen) atoms. The first-order chi connectivity index (χ1) is 12.9. The Kier molecular flexibility index (Phi) is 5.73. The second kappa shape index (κ2) is 8.20. The van der Waals surface area contributed by atoms with Crippen molar-refractivity contribution in [1.82, 2.24) is 15.2 Å². The highest BCUT2D eigenvalue weighted by Gasteiger charge is 2.26. The van der Waals surface area contributed by atoms with Crippen LogP contribution < -0.4 is 15.0 Å². The number of halogens is 2. The summed E-state index contributed by atoms with van der Waals surface area (Å²) in [4.78, 5) is 20.7. The van der Waals surface area contributed by atoms with Crippen LogP contribution in [0.15, 0.2) is 42.6 Å². The van der Waals surface area contributed by atoms with Crippen molar-refractivity contribution in [3.8, 4) is 5.75 Å². The van der Waals surface area contributed by atoms with Crippen molar-refractivity contribution in [2.75, 3.05) is 18.5 Å². The largest absolute Gasteiger partial charge is 0.433 e. The molecular weight excluding hydrogens is 354 g/mol. The summed E-state index contributed by atoms with van der Waals surface area (Å²) < 4.78 is 28.6. The van der Waals surface area contributed by atoms with Crippen molar-refractivity contribution in [3.63, 3.8) is 0 Å². The summed E-state index contributed by atoms with van der Waals surface area (Å²) in [6.45, 7) is 0.568. The monoisotopic (exact) mass is 376 g/mol. The number of ether oxygens (including phenoxy) is 1. The lowest BCUT2D eigenvalue weighted by molar-refractivity contribution is -0.0500. The van der Waals surface area contributed by atoms with Gasteiger partial charge >= 0.3 is 12.6 Å². The molecule has 0 aliphatic carbocycles. The molecule has 2 amide bonds. The number of fused-ring (bicyclic) bond motifs is 1. The van der Waals surface area contributed by atoms with Gasteiger partial charge in [0.05, 0.1) is 18.4 Å². The molecule has 3 rings (SSSR count). The fourth-order valence-electron chi connectivity index (χ4n) is 3.18. The van der Waals surface area contributed by atoms with Crippen molar-refractivity contribution in [3.05, 3.63) is 53.9 Å². The Morgan fingerprint density at radius 2 is 2.11 bits per heavy atom. The van der Waals surface area contributed by atoms with E-state index in [0.717, 1.165) is 17.8 Å². The number of rotatable bonds is 4. The predicted molar refractivity (Wildman–Crippen MR) is 97.8 cm³/mol. The fourth-order valence-corrected chi connectivity index (χ4v) is 3.18. The molecule has 6 nitrogen and oxygen atoms in total. The Bertz CT molecular complexity index is 786. The summed E-state index contributed by atoms with van der Waals surface area (Å²) in [5, 5.41) is 2.85. The van der Waals surface area contributed by atoms with E-state index in [9.17, 15) is 13.6 Å². The molecule has 1 N–H and O–H groups in total. The van der Waals surface area contributed by atoms with E-state index in [1.807, 2.05) is 32.2 Å². The lowest BCUT2D eigenvalue weighted by Crippen LogP contribution is -2.46. The maximum atomic E-state index is 12.7. The predicted octanol–water partition coefficient (Wildman–Crippen LogP) is 3.23. The minimum absolute atomic E-state index is 0.0131. The third kappa shape index (κ3) is 4.64. The number of carbonyl (C=O) groups excluding carboxylic acids is 1. The number of benzene rings is 1. The maximum Gasteiger partial charge on any atom is 0.387 e. The first-order valence-electron chi connectivity index (χ1n) is 8.67. The average molecular weight is 376 g/mol. The molecule has 8 heteroatoms. The van der Waals surface area contributed by atoms with Gasteiger partial charge in [-0.2, -0.15) is 8.78 Å². The number of hydrogen-bond acceptors (Lipinski definition) is 4. The number of likely N-dealkylation sites (N-methyl/N-ethyl adjacent to an activating group) is 1. The molecule has 1 aliphatic heterocycles. The van der Waals surface area contributed by atoms with Gasteiger partial charge in [0, 0.05) is 31.9 Å². The average Bonchev–Trinajstić information content (AvgIpc) is 2.77. The van der Waals surface area contributed by atoms with Gasteiger partial charge in [-0.25, -0.2) is 4.79 Å². The molecule has 0 unspecified atom stereocenters. The van der Waals surface area contributed by atoms with Crippen LogP contribution in [0.4, 0.5) is 19.3 Å². The van der Waals surface area contributed by atoms with E-state index < -0.39 is 6.61 Å². The summed E-state index contributed by atoms with van der Waals surface area (Å²) in [7, 11) is 2.02. The first-order valence-corrected chi connectivity index (χ1v) is 8.67. The Labute approximate surface area is 156 Å². The van der Waals surface area contributed by atoms with E-state index in [4.69, 9.17) is 0 Å². The lowest BCUT2D eigenvalue weighted by Gasteiger charge is -2.28. The number of para-hydroxylation sites is 1. The number of pyridine rings is 1. The standard InChI is InChI=1S/C19H22F2N4O2/c1-13-11-24(2)17-6-4-3-5-14(17)12-25(13)19(26)23-9-15-7-8-16(10-22-15)27-18(20)21/h3-8,10,13,18H,9,11-12H2,1-2H3,(H,23,26)/t13-/m0/s1. The second-order valence-corrected chi connectivity index (χ2v) is 6.51. The van der Waals surface area contributed by atoms with Crippen molar-refractivity contribution in [2.24, 2.45) is 0 Å². The number of alkyl halides is 2. The summed E-state index contributed by atoms with van der Waals surface area (Å²) in [5.41, 5.74) is 2.77. The van der Waals surface area contributed by atoms with Gasteiger partial charge in [0.1, 0.15) is 5.75 Å². The van der Waals surface area contributed by atoms with Crippen molar-refractivity contribution in [1.29, 1.82) is 0 Å². The third-order valence-corrected chi connectivity index (χ3v) is 4.52. The van der Waals surface area contributed by atoms with Crippen molar-refractivity contribution in [2.45, 2.75) is 32.7 Å². The van der Waals surface area contributed by atoms with Crippen LogP contribution in [0, 0.1) is 0 Å². The zero-order chi connectivity index (χ0) is 19.4. The van der Waals surface area contributed by atoms with Crippen LogP contribution in [-0.4, -0.2) is 42.2 Å². The fraction of sp³-hybridized carbons (Fsp3) is 0.368. The zero-order valence-electron chi connectivity index (χ0n) is 15.2. The van der Waals surface area contributed by atoms with E-state index >= 15 is 0 Å². The molecule has 1 aromatic carbocycles. The molecule has 0 radical (unpaired) electrons. The second-order valence-electron chi connectivity index (χ2n) is 6.51. The van der Waals surface area contributed by atoms with Crippen LogP contribution >= 0.6 is 0 Å². The van der Waals surface area contributed by atoms with Gasteiger partial charge in [0.25, 0.3) is 0 Å². The van der Waals surface area contributed by atoms with E-state index in [1.165, 1.54) is 12.3 Å². The van der Waals surface area contributed by atoms with Crippen LogP contribution in [0.25, 0.3) is 0 Å². The minimum atomic E-state index is -2.89. The SMILES string of the molecule is C[C@H]1CN(C)c2ccccc2CN1C(=O)NCc1ccc(OC(F)F)cn1. The van der Waals surface area contributed by atoms with Gasteiger partial charge in [-0.15, -0.1) is 0 Å². The molecular formula is C19H22F2N4O2. The number of nitrogens with one attached hydrogen (secondary N) is 1. The molecule has 0 saturated heterocycles. The van der Waals surface area contributed by atoms with Gasteiger partial charge in [0.2, 0.25) is 0 Å². The number of anilines is 1. The van der Waals surface area contributed by atoms with Crippen LogP contribution in [0.5, 0.6) is 5.75 Å². The topological polar surface area (TPSA) is 57.7 Å². The Balaban J connectivity index is 1.63. The van der Waals surface area contributed by atoms with Gasteiger partial charge in [-0.3, -0.25) is 4.98 Å². The number of nitrogens with zero attached hydrogens (tertiary/aromatic N) is 3. The summed E-state index contributed by atoms with van der Waals surface area (Å²) in [6, 6.07) is 10.8. The number of amides is 2. The molecule has 2 aromatic rings. The molecule has 1 aromatic heterocycles. The van der Waals surface area contributed by atoms with Gasteiger partial charge < -0.3 is 19.9 Å². The number of hydrogen-bond donors (Lipinski definition) is 1. The number of carbonyl (C=O) groups is 1. The zero-order valence-corrected chi connectivity index (χ0v) is 15.2. The van der Waals surface area contributed by atoms with E-state index in [1.54, 1.807) is 11.0 Å². The highest BCUT2D eigenvalue weighted by Crippen LogP contribution is 2.26. The van der Waals surface area contributed by atoms with Gasteiger partial charge in [-0.05, 0) is 30.7 Å². The molecule has 1 aliphatic rings. The number of aromatic nitrogens is 1.